The molecule has 0 N–H and O–H groups in total. The quantitative estimate of drug-likeness (QED) is 0.527. The molecule has 56 valence electrons. The predicted octanol–water partition coefficient (Wildman–Crippen LogP) is 2.25. The SMILES string of the molecule is CC(F)(F)C(F)(F)CF. The van der Waals surface area contributed by atoms with E-state index in [2.05, 4.69) is 0 Å². The maximum atomic E-state index is 11.5. The Morgan fingerprint density at radius 3 is 1.44 bits per heavy atom. The molecule has 0 saturated heterocycles. The van der Waals surface area contributed by atoms with Crippen LogP contribution in [0.1, 0.15) is 6.92 Å². The van der Waals surface area contributed by atoms with Gasteiger partial charge in [0.25, 0.3) is 0 Å². The van der Waals surface area contributed by atoms with Crippen LogP contribution in [0.4, 0.5) is 22.0 Å². The molecular formula is C4H5F5. The van der Waals surface area contributed by atoms with Gasteiger partial charge in [0, 0.05) is 6.92 Å². The summed E-state index contributed by atoms with van der Waals surface area (Å²) in [4.78, 5) is 0. The highest BCUT2D eigenvalue weighted by molar-refractivity contribution is 4.78. The third-order valence-corrected chi connectivity index (χ3v) is 0.810. The van der Waals surface area contributed by atoms with Gasteiger partial charge in [-0.1, -0.05) is 0 Å². The molecule has 0 atom stereocenters. The van der Waals surface area contributed by atoms with Crippen LogP contribution in [-0.4, -0.2) is 18.5 Å². The maximum absolute atomic E-state index is 11.5. The van der Waals surface area contributed by atoms with Gasteiger partial charge in [-0.3, -0.25) is 0 Å². The van der Waals surface area contributed by atoms with Crippen LogP contribution >= 0.6 is 0 Å². The van der Waals surface area contributed by atoms with Crippen LogP contribution in [0.2, 0.25) is 0 Å². The molecule has 0 aromatic carbocycles. The highest BCUT2D eigenvalue weighted by Gasteiger charge is 2.52. The molecule has 0 radical (unpaired) electrons. The van der Waals surface area contributed by atoms with Crippen molar-refractivity contribution in [3.05, 3.63) is 0 Å². The van der Waals surface area contributed by atoms with E-state index in [0.717, 1.165) is 0 Å². The van der Waals surface area contributed by atoms with Gasteiger partial charge in [-0.2, -0.15) is 8.78 Å². The van der Waals surface area contributed by atoms with Crippen molar-refractivity contribution in [2.24, 2.45) is 0 Å². The second kappa shape index (κ2) is 2.11. The molecule has 0 aliphatic rings. The van der Waals surface area contributed by atoms with Crippen molar-refractivity contribution < 1.29 is 22.0 Å². The fourth-order valence-corrected chi connectivity index (χ4v) is 0.117. The molecule has 0 aliphatic heterocycles. The zero-order valence-corrected chi connectivity index (χ0v) is 4.60. The minimum atomic E-state index is -4.52. The van der Waals surface area contributed by atoms with Gasteiger partial charge in [-0.15, -0.1) is 0 Å². The zero-order valence-electron chi connectivity index (χ0n) is 4.60. The molecule has 0 rings (SSSR count). The van der Waals surface area contributed by atoms with Gasteiger partial charge < -0.3 is 0 Å². The number of hydrogen-bond acceptors (Lipinski definition) is 0. The van der Waals surface area contributed by atoms with Gasteiger partial charge in [0.2, 0.25) is 0 Å². The largest absolute Gasteiger partial charge is 0.337 e. The van der Waals surface area contributed by atoms with Crippen molar-refractivity contribution in [2.75, 3.05) is 6.67 Å². The molecule has 0 unspecified atom stereocenters. The van der Waals surface area contributed by atoms with E-state index in [1.807, 2.05) is 0 Å². The van der Waals surface area contributed by atoms with Crippen molar-refractivity contribution in [3.63, 3.8) is 0 Å². The van der Waals surface area contributed by atoms with Crippen molar-refractivity contribution in [2.45, 2.75) is 18.8 Å². The van der Waals surface area contributed by atoms with E-state index < -0.39 is 18.5 Å². The smallest absolute Gasteiger partial charge is 0.244 e. The van der Waals surface area contributed by atoms with Crippen LogP contribution in [0, 0.1) is 0 Å². The molecule has 9 heavy (non-hydrogen) atoms. The standard InChI is InChI=1S/C4H5F5/c1-3(6,7)4(8,9)2-5/h2H2,1H3. The first kappa shape index (κ1) is 8.65. The topological polar surface area (TPSA) is 0 Å². The van der Waals surface area contributed by atoms with Gasteiger partial charge in [-0.25, -0.2) is 13.2 Å². The monoisotopic (exact) mass is 148 g/mol. The predicted molar refractivity (Wildman–Crippen MR) is 21.5 cm³/mol. The average Bonchev–Trinajstić information content (AvgIpc) is 1.64. The van der Waals surface area contributed by atoms with E-state index in [1.165, 1.54) is 0 Å². The van der Waals surface area contributed by atoms with Crippen molar-refractivity contribution in [3.8, 4) is 0 Å². The average molecular weight is 148 g/mol. The Morgan fingerprint density at radius 2 is 1.44 bits per heavy atom. The fraction of sp³-hybridized carbons (Fsp3) is 1.00. The van der Waals surface area contributed by atoms with Crippen LogP contribution < -0.4 is 0 Å². The maximum Gasteiger partial charge on any atom is 0.337 e. The van der Waals surface area contributed by atoms with Gasteiger partial charge in [0.1, 0.15) is 0 Å². The van der Waals surface area contributed by atoms with E-state index in [9.17, 15) is 22.0 Å². The summed E-state index contributed by atoms with van der Waals surface area (Å²) in [5.41, 5.74) is 0. The van der Waals surface area contributed by atoms with Gasteiger partial charge in [0.05, 0.1) is 0 Å². The van der Waals surface area contributed by atoms with Crippen LogP contribution in [0.25, 0.3) is 0 Å². The second-order valence-electron chi connectivity index (χ2n) is 1.73. The summed E-state index contributed by atoms with van der Waals surface area (Å²) in [6, 6.07) is 0. The second-order valence-corrected chi connectivity index (χ2v) is 1.73. The van der Waals surface area contributed by atoms with Crippen LogP contribution in [0.5, 0.6) is 0 Å². The Bertz CT molecular complexity index is 91.6. The molecule has 0 saturated carbocycles. The Labute approximate surface area is 48.7 Å². The molecule has 5 heteroatoms. The first-order valence-electron chi connectivity index (χ1n) is 2.13. The van der Waals surface area contributed by atoms with Crippen LogP contribution in [0.3, 0.4) is 0 Å². The summed E-state index contributed by atoms with van der Waals surface area (Å²) in [5, 5.41) is 0. The molecule has 0 aromatic rings. The summed E-state index contributed by atoms with van der Waals surface area (Å²) in [5.74, 6) is -8.78. The molecule has 0 nitrogen and oxygen atoms in total. The normalized spacial score (nSPS) is 14.0. The summed E-state index contributed by atoms with van der Waals surface area (Å²) >= 11 is 0. The van der Waals surface area contributed by atoms with E-state index >= 15 is 0 Å². The van der Waals surface area contributed by atoms with Gasteiger partial charge in [-0.05, 0) is 0 Å². The lowest BCUT2D eigenvalue weighted by Crippen LogP contribution is -2.39. The third-order valence-electron chi connectivity index (χ3n) is 0.810. The van der Waals surface area contributed by atoms with E-state index in [4.69, 9.17) is 0 Å². The molecule has 0 amide bonds. The van der Waals surface area contributed by atoms with Gasteiger partial charge >= 0.3 is 11.8 Å². The third kappa shape index (κ3) is 1.80. The first-order valence-corrected chi connectivity index (χ1v) is 2.13. The Hall–Kier alpha value is -0.350. The van der Waals surface area contributed by atoms with Crippen molar-refractivity contribution in [1.29, 1.82) is 0 Å². The number of halogens is 5. The molecule has 0 spiro atoms. The van der Waals surface area contributed by atoms with Crippen LogP contribution in [0.15, 0.2) is 0 Å². The Morgan fingerprint density at radius 1 is 1.11 bits per heavy atom. The number of hydrogen-bond donors (Lipinski definition) is 0. The summed E-state index contributed by atoms with van der Waals surface area (Å²) in [7, 11) is 0. The van der Waals surface area contributed by atoms with Crippen molar-refractivity contribution in [1.82, 2.24) is 0 Å². The zero-order chi connectivity index (χ0) is 7.71. The Kier molecular flexibility index (Phi) is 2.03. The minimum absolute atomic E-state index is 0.0213. The fourth-order valence-electron chi connectivity index (χ4n) is 0.117. The summed E-state index contributed by atoms with van der Waals surface area (Å²) in [6.07, 6.45) is 0. The molecule has 0 aliphatic carbocycles. The highest BCUT2D eigenvalue weighted by atomic mass is 19.3. The lowest BCUT2D eigenvalue weighted by molar-refractivity contribution is -0.204. The number of alkyl halides is 5. The molecule has 0 bridgehead atoms. The molecule has 0 heterocycles. The summed E-state index contributed by atoms with van der Waals surface area (Å²) in [6.45, 7) is -2.34. The molecular weight excluding hydrogens is 143 g/mol. The van der Waals surface area contributed by atoms with E-state index in [1.54, 1.807) is 0 Å². The van der Waals surface area contributed by atoms with E-state index in [0.29, 0.717) is 0 Å². The minimum Gasteiger partial charge on any atom is -0.244 e. The lowest BCUT2D eigenvalue weighted by atomic mass is 10.2. The Balaban J connectivity index is 4.14. The summed E-state index contributed by atoms with van der Waals surface area (Å²) < 4.78 is 57.1. The first-order chi connectivity index (χ1) is 3.81. The highest BCUT2D eigenvalue weighted by Crippen LogP contribution is 2.33. The number of rotatable bonds is 2. The van der Waals surface area contributed by atoms with Crippen molar-refractivity contribution >= 4 is 0 Å². The molecule has 0 aromatic heterocycles. The van der Waals surface area contributed by atoms with E-state index in [-0.39, 0.29) is 6.92 Å². The lowest BCUT2D eigenvalue weighted by Gasteiger charge is -2.18. The van der Waals surface area contributed by atoms with Crippen LogP contribution in [-0.2, 0) is 0 Å². The van der Waals surface area contributed by atoms with Gasteiger partial charge in [0.15, 0.2) is 6.67 Å². The molecule has 0 fully saturated rings.